The predicted molar refractivity (Wildman–Crippen MR) is 189 cm³/mol. The molecule has 1 aromatic heterocycles. The highest BCUT2D eigenvalue weighted by Gasteiger charge is 2.25. The summed E-state index contributed by atoms with van der Waals surface area (Å²) in [6, 6.07) is -1.51. The zero-order chi connectivity index (χ0) is 41.1. The Morgan fingerprint density at radius 1 is 0.745 bits per heavy atom. The molecular formula is C32H52N8O14S. The Morgan fingerprint density at radius 3 is 2.11 bits per heavy atom. The van der Waals surface area contributed by atoms with E-state index in [-0.39, 0.29) is 109 Å². The number of carbonyl (C=O) groups excluding carboxylic acids is 6. The minimum absolute atomic E-state index is 0.0719. The van der Waals surface area contributed by atoms with E-state index >= 15 is 0 Å². The third-order valence-corrected chi connectivity index (χ3v) is 8.94. The molecule has 22 nitrogen and oxygen atoms in total. The summed E-state index contributed by atoms with van der Waals surface area (Å²) in [6.45, 7) is 2.82. The summed E-state index contributed by atoms with van der Waals surface area (Å²) in [4.78, 5) is 95.6. The Labute approximate surface area is 318 Å². The fraction of sp³-hybridized carbons (Fsp3) is 0.719. The molecule has 0 aliphatic heterocycles. The van der Waals surface area contributed by atoms with Crippen molar-refractivity contribution in [2.24, 2.45) is 5.92 Å². The number of hydrogen-bond donors (Lipinski definition) is 7. The van der Waals surface area contributed by atoms with Gasteiger partial charge in [0.1, 0.15) is 18.4 Å². The van der Waals surface area contributed by atoms with Gasteiger partial charge in [0.2, 0.25) is 33.7 Å². The van der Waals surface area contributed by atoms with Crippen molar-refractivity contribution in [1.29, 1.82) is 0 Å². The average molecular weight is 805 g/mol. The molecule has 4 amide bonds. The first-order valence-electron chi connectivity index (χ1n) is 17.8. The highest BCUT2D eigenvalue weighted by atomic mass is 32.2. The number of aryl methyl sites for hydroxylation is 1. The lowest BCUT2D eigenvalue weighted by Gasteiger charge is -2.15. The maximum absolute atomic E-state index is 12.5. The summed E-state index contributed by atoms with van der Waals surface area (Å²) in [6.07, 6.45) is -0.796. The van der Waals surface area contributed by atoms with E-state index in [0.29, 0.717) is 18.8 Å². The molecule has 7 N–H and O–H groups in total. The first-order valence-corrected chi connectivity index (χ1v) is 19.5. The molecule has 0 fully saturated rings. The number of rotatable bonds is 33. The summed E-state index contributed by atoms with van der Waals surface area (Å²) in [7, 11) is -4.06. The summed E-state index contributed by atoms with van der Waals surface area (Å²) in [5, 5.41) is 39.5. The van der Waals surface area contributed by atoms with E-state index in [1.165, 1.54) is 0 Å². The Morgan fingerprint density at radius 2 is 1.44 bits per heavy atom. The minimum atomic E-state index is -4.06. The average Bonchev–Trinajstić information content (AvgIpc) is 3.64. The van der Waals surface area contributed by atoms with Crippen LogP contribution in [0.4, 0.5) is 0 Å². The zero-order valence-corrected chi connectivity index (χ0v) is 31.7. The van der Waals surface area contributed by atoms with Gasteiger partial charge in [-0.25, -0.2) is 13.2 Å². The van der Waals surface area contributed by atoms with Gasteiger partial charge in [-0.05, 0) is 32.1 Å². The maximum Gasteiger partial charge on any atom is 0.326 e. The monoisotopic (exact) mass is 804 g/mol. The molecule has 55 heavy (non-hydrogen) atoms. The van der Waals surface area contributed by atoms with Crippen LogP contribution in [0, 0.1) is 5.92 Å². The molecule has 0 aromatic carbocycles. The number of nitrogens with zero attached hydrogens (tertiary/aromatic N) is 3. The molecule has 23 heteroatoms. The van der Waals surface area contributed by atoms with Crippen molar-refractivity contribution in [2.75, 3.05) is 45.3 Å². The normalized spacial score (nSPS) is 12.2. The molecule has 0 aliphatic carbocycles. The van der Waals surface area contributed by atoms with Crippen molar-refractivity contribution in [1.82, 2.24) is 41.3 Å². The highest BCUT2D eigenvalue weighted by molar-refractivity contribution is 7.90. The Balaban J connectivity index is 2.27. The van der Waals surface area contributed by atoms with Crippen molar-refractivity contribution >= 4 is 57.2 Å². The lowest BCUT2D eigenvalue weighted by Crippen LogP contribution is -2.41. The number of nitrogens with one attached hydrogen (secondary N) is 5. The maximum atomic E-state index is 12.5. The van der Waals surface area contributed by atoms with Crippen LogP contribution >= 0.6 is 0 Å². The van der Waals surface area contributed by atoms with Crippen molar-refractivity contribution in [3.05, 3.63) is 5.82 Å². The molecule has 0 saturated carbocycles. The Hall–Kier alpha value is -4.90. The molecule has 0 radical (unpaired) electrons. The number of aromatic nitrogens is 4. The number of aromatic amines is 1. The molecule has 0 saturated heterocycles. The van der Waals surface area contributed by atoms with Gasteiger partial charge >= 0.3 is 11.9 Å². The highest BCUT2D eigenvalue weighted by Crippen LogP contribution is 2.15. The number of sulfonamides is 1. The second-order valence-corrected chi connectivity index (χ2v) is 14.2. The number of carboxylic acids is 2. The van der Waals surface area contributed by atoms with E-state index in [2.05, 4.69) is 36.6 Å². The number of H-pyrrole nitrogens is 1. The number of carbonyl (C=O) groups is 8. The van der Waals surface area contributed by atoms with Crippen LogP contribution in [-0.4, -0.2) is 138 Å². The number of tetrazole rings is 1. The first-order chi connectivity index (χ1) is 26.1. The smallest absolute Gasteiger partial charge is 0.326 e. The van der Waals surface area contributed by atoms with E-state index in [1.807, 2.05) is 11.6 Å². The fourth-order valence-corrected chi connectivity index (χ4v) is 5.73. The van der Waals surface area contributed by atoms with Crippen LogP contribution in [-0.2, 0) is 64.3 Å². The van der Waals surface area contributed by atoms with Crippen LogP contribution in [0.25, 0.3) is 0 Å². The molecule has 310 valence electrons. The fourth-order valence-electron chi connectivity index (χ4n) is 4.65. The largest absolute Gasteiger partial charge is 0.481 e. The van der Waals surface area contributed by atoms with Crippen molar-refractivity contribution in [2.45, 2.75) is 96.4 Å². The molecule has 0 bridgehead atoms. The Kier molecular flexibility index (Phi) is 24.2. The van der Waals surface area contributed by atoms with Gasteiger partial charge < -0.3 is 35.6 Å². The van der Waals surface area contributed by atoms with Crippen LogP contribution in [0.3, 0.4) is 0 Å². The van der Waals surface area contributed by atoms with Crippen molar-refractivity contribution in [3.63, 3.8) is 0 Å². The third kappa shape index (κ3) is 24.9. The number of amides is 4. The van der Waals surface area contributed by atoms with Crippen molar-refractivity contribution < 1.29 is 66.5 Å². The third-order valence-electron chi connectivity index (χ3n) is 7.57. The summed E-state index contributed by atoms with van der Waals surface area (Å²) >= 11 is 0. The summed E-state index contributed by atoms with van der Waals surface area (Å²) in [5.41, 5.74) is 0. The number of carboxylic acid groups (broad SMARTS) is 2. The number of aliphatic carboxylic acids is 2. The second kappa shape index (κ2) is 27.6. The molecular weight excluding hydrogens is 752 g/mol. The van der Waals surface area contributed by atoms with Gasteiger partial charge in [0, 0.05) is 64.5 Å². The first kappa shape index (κ1) is 48.1. The van der Waals surface area contributed by atoms with Crippen LogP contribution < -0.4 is 20.7 Å². The second-order valence-electron chi connectivity index (χ2n) is 12.3. The van der Waals surface area contributed by atoms with Crippen LogP contribution in [0.1, 0.15) is 89.8 Å². The van der Waals surface area contributed by atoms with E-state index < -0.39 is 69.6 Å². The zero-order valence-electron chi connectivity index (χ0n) is 30.8. The minimum Gasteiger partial charge on any atom is -0.481 e. The lowest BCUT2D eigenvalue weighted by molar-refractivity contribution is -0.145. The molecule has 0 unspecified atom stereocenters. The molecule has 1 rings (SSSR count). The van der Waals surface area contributed by atoms with E-state index in [1.54, 1.807) is 0 Å². The SMILES string of the molecule is CCCNC(=O)CCC(=O)COCCOCCNC(=O)CC[C@H](CC(=O)CC[C@H](NC(=O)CCCS(=O)(=O)NC(=O)CCCc1nn[nH]n1)C(=O)O)C(=O)O. The molecule has 0 spiro atoms. The Bertz CT molecular complexity index is 1510. The lowest BCUT2D eigenvalue weighted by atomic mass is 9.94. The topological polar surface area (TPSA) is 332 Å². The number of Topliss-reactive ketones (excluding diaryl/α,β-unsaturated/α-hetero) is 2. The quantitative estimate of drug-likeness (QED) is 0.0400. The molecule has 0 aliphatic rings. The van der Waals surface area contributed by atoms with E-state index in [9.17, 15) is 57.0 Å². The van der Waals surface area contributed by atoms with Gasteiger partial charge in [0.05, 0.1) is 31.5 Å². The van der Waals surface area contributed by atoms with Crippen LogP contribution in [0.2, 0.25) is 0 Å². The van der Waals surface area contributed by atoms with Gasteiger partial charge in [-0.15, -0.1) is 10.2 Å². The van der Waals surface area contributed by atoms with E-state index in [4.69, 9.17) is 9.47 Å². The van der Waals surface area contributed by atoms with Gasteiger partial charge in [0.25, 0.3) is 0 Å². The molecule has 1 aromatic rings. The van der Waals surface area contributed by atoms with Gasteiger partial charge in [-0.1, -0.05) is 12.1 Å². The number of hydrogen-bond acceptors (Lipinski definition) is 15. The molecule has 2 atom stereocenters. The number of ketones is 2. The standard InChI is InChI=1S/C32H52N8O14S/c1-2-14-33-28(44)13-10-24(42)21-54-18-17-53-16-15-34-27(43)12-8-22(31(47)48)20-23(41)9-11-25(32(49)50)35-29(45)7-4-19-55(51,52)38-30(46)6-3-5-26-36-39-40-37-26/h22,25H,2-21H2,1H3,(H,33,44)(H,34,43)(H,35,45)(H,38,46)(H,47,48)(H,49,50)(H,36,37,39,40)/t22-,25+/m1/s1. The predicted octanol–water partition coefficient (Wildman–Crippen LogP) is -1.44. The van der Waals surface area contributed by atoms with Gasteiger partial charge in [-0.3, -0.25) is 38.3 Å². The molecule has 1 heterocycles. The van der Waals surface area contributed by atoms with Crippen molar-refractivity contribution in [3.8, 4) is 0 Å². The van der Waals surface area contributed by atoms with Gasteiger partial charge in [-0.2, -0.15) is 5.21 Å². The van der Waals surface area contributed by atoms with Crippen LogP contribution in [0.5, 0.6) is 0 Å². The van der Waals surface area contributed by atoms with Crippen LogP contribution in [0.15, 0.2) is 0 Å². The van der Waals surface area contributed by atoms with Gasteiger partial charge in [0.15, 0.2) is 11.6 Å². The summed E-state index contributed by atoms with van der Waals surface area (Å²) < 4.78 is 36.8. The summed E-state index contributed by atoms with van der Waals surface area (Å²) in [5.74, 6) is -7.26. The van der Waals surface area contributed by atoms with E-state index in [0.717, 1.165) is 6.42 Å². The number of ether oxygens (including phenoxy) is 2.